The second kappa shape index (κ2) is 5.60. The lowest BCUT2D eigenvalue weighted by Gasteiger charge is -1.97. The molecule has 2 nitrogen and oxygen atoms in total. The lowest BCUT2D eigenvalue weighted by atomic mass is 10.2. The van der Waals surface area contributed by atoms with Crippen LogP contribution < -0.4 is 5.32 Å². The van der Waals surface area contributed by atoms with Crippen molar-refractivity contribution in [3.05, 3.63) is 51.4 Å². The predicted molar refractivity (Wildman–Crippen MR) is 90.8 cm³/mol. The van der Waals surface area contributed by atoms with E-state index in [9.17, 15) is 4.79 Å². The van der Waals surface area contributed by atoms with E-state index in [1.165, 1.54) is 10.4 Å². The molecule has 0 bridgehead atoms. The van der Waals surface area contributed by atoms with Crippen molar-refractivity contribution in [2.24, 2.45) is 0 Å². The minimum absolute atomic E-state index is 0.0635. The molecule has 1 aliphatic heterocycles. The van der Waals surface area contributed by atoms with E-state index in [0.717, 1.165) is 9.35 Å². The van der Waals surface area contributed by atoms with Gasteiger partial charge in [-0.25, -0.2) is 0 Å². The van der Waals surface area contributed by atoms with E-state index >= 15 is 0 Å². The number of carbonyl (C=O) groups excluding carboxylic acids is 1. The van der Waals surface area contributed by atoms with Crippen LogP contribution in [0.15, 0.2) is 46.6 Å². The van der Waals surface area contributed by atoms with Crippen LogP contribution in [0.3, 0.4) is 0 Å². The topological polar surface area (TPSA) is 29.1 Å². The number of Topliss-reactive ketones (excluding diaryl/α,β-unsaturated/α-hetero) is 1. The number of carbonyl (C=O) groups is 1. The SMILES string of the molecule is O=C1CC(=S)N/C1=C/c1ccc(-c2ccc(Br)cc2)s1. The highest BCUT2D eigenvalue weighted by Gasteiger charge is 2.20. The van der Waals surface area contributed by atoms with E-state index in [2.05, 4.69) is 39.4 Å². The highest BCUT2D eigenvalue weighted by Crippen LogP contribution is 2.30. The van der Waals surface area contributed by atoms with Crippen LogP contribution in [0, 0.1) is 0 Å². The van der Waals surface area contributed by atoms with Crippen molar-refractivity contribution in [2.45, 2.75) is 6.42 Å². The summed E-state index contributed by atoms with van der Waals surface area (Å²) in [6.07, 6.45) is 2.20. The first kappa shape index (κ1) is 13.7. The number of nitrogens with one attached hydrogen (secondary N) is 1. The normalized spacial score (nSPS) is 16.8. The zero-order valence-corrected chi connectivity index (χ0v) is 13.6. The molecule has 1 aliphatic rings. The third-order valence-electron chi connectivity index (χ3n) is 2.94. The molecule has 1 aromatic heterocycles. The number of hydrogen-bond donors (Lipinski definition) is 1. The Morgan fingerprint density at radius 2 is 1.95 bits per heavy atom. The number of benzene rings is 1. The molecule has 1 fully saturated rings. The summed E-state index contributed by atoms with van der Waals surface area (Å²) in [6.45, 7) is 0. The molecule has 1 aromatic carbocycles. The Kier molecular flexibility index (Phi) is 3.83. The third-order valence-corrected chi connectivity index (χ3v) is 4.79. The van der Waals surface area contributed by atoms with Gasteiger partial charge in [0, 0.05) is 14.2 Å². The van der Waals surface area contributed by atoms with Crippen LogP contribution in [0.1, 0.15) is 11.3 Å². The maximum Gasteiger partial charge on any atom is 0.185 e. The van der Waals surface area contributed by atoms with Crippen molar-refractivity contribution in [3.63, 3.8) is 0 Å². The minimum atomic E-state index is 0.0635. The molecule has 0 aliphatic carbocycles. The smallest absolute Gasteiger partial charge is 0.185 e. The van der Waals surface area contributed by atoms with Crippen LogP contribution >= 0.6 is 39.5 Å². The first-order chi connectivity index (χ1) is 9.61. The molecule has 0 amide bonds. The van der Waals surface area contributed by atoms with Crippen molar-refractivity contribution < 1.29 is 4.79 Å². The summed E-state index contributed by atoms with van der Waals surface area (Å²) in [5, 5.41) is 2.95. The molecule has 5 heteroatoms. The fourth-order valence-electron chi connectivity index (χ4n) is 1.96. The van der Waals surface area contributed by atoms with Gasteiger partial charge in [0.2, 0.25) is 0 Å². The molecule has 0 radical (unpaired) electrons. The van der Waals surface area contributed by atoms with Crippen molar-refractivity contribution in [1.29, 1.82) is 0 Å². The fourth-order valence-corrected chi connectivity index (χ4v) is 3.43. The first-order valence-electron chi connectivity index (χ1n) is 6.02. The molecule has 2 aromatic rings. The number of thiophene rings is 1. The van der Waals surface area contributed by atoms with Crippen molar-refractivity contribution >= 4 is 56.3 Å². The molecule has 100 valence electrons. The second-order valence-corrected chi connectivity index (χ2v) is 6.94. The highest BCUT2D eigenvalue weighted by molar-refractivity contribution is 9.10. The van der Waals surface area contributed by atoms with Gasteiger partial charge in [-0.2, -0.15) is 0 Å². The Hall–Kier alpha value is -1.30. The van der Waals surface area contributed by atoms with E-state index in [-0.39, 0.29) is 5.78 Å². The van der Waals surface area contributed by atoms with Crippen LogP contribution in [-0.2, 0) is 4.79 Å². The largest absolute Gasteiger partial charge is 0.347 e. The lowest BCUT2D eigenvalue weighted by Crippen LogP contribution is -2.10. The van der Waals surface area contributed by atoms with Crippen LogP contribution in [0.2, 0.25) is 0 Å². The van der Waals surface area contributed by atoms with Crippen molar-refractivity contribution in [2.75, 3.05) is 0 Å². The molecule has 0 spiro atoms. The van der Waals surface area contributed by atoms with E-state index in [0.29, 0.717) is 17.1 Å². The molecule has 20 heavy (non-hydrogen) atoms. The zero-order valence-electron chi connectivity index (χ0n) is 10.4. The maximum atomic E-state index is 11.7. The highest BCUT2D eigenvalue weighted by atomic mass is 79.9. The van der Waals surface area contributed by atoms with Gasteiger partial charge in [-0.3, -0.25) is 4.79 Å². The number of rotatable bonds is 2. The number of hydrogen-bond acceptors (Lipinski definition) is 3. The average molecular weight is 364 g/mol. The van der Waals surface area contributed by atoms with E-state index < -0.39 is 0 Å². The van der Waals surface area contributed by atoms with Gasteiger partial charge in [-0.1, -0.05) is 40.3 Å². The minimum Gasteiger partial charge on any atom is -0.347 e. The molecule has 3 rings (SSSR count). The Balaban J connectivity index is 1.87. The Morgan fingerprint density at radius 3 is 2.60 bits per heavy atom. The van der Waals surface area contributed by atoms with Gasteiger partial charge in [0.15, 0.2) is 5.78 Å². The van der Waals surface area contributed by atoms with Gasteiger partial charge < -0.3 is 5.32 Å². The Morgan fingerprint density at radius 1 is 1.20 bits per heavy atom. The number of halogens is 1. The Labute approximate surface area is 134 Å². The van der Waals surface area contributed by atoms with Gasteiger partial charge in [-0.15, -0.1) is 11.3 Å². The summed E-state index contributed by atoms with van der Waals surface area (Å²) in [4.78, 5) is 14.5. The van der Waals surface area contributed by atoms with Crippen LogP contribution in [-0.4, -0.2) is 10.8 Å². The first-order valence-corrected chi connectivity index (χ1v) is 8.04. The van der Waals surface area contributed by atoms with Crippen LogP contribution in [0.4, 0.5) is 0 Å². The molecular weight excluding hydrogens is 354 g/mol. The fraction of sp³-hybridized carbons (Fsp3) is 0.0667. The van der Waals surface area contributed by atoms with Gasteiger partial charge in [0.1, 0.15) is 0 Å². The monoisotopic (exact) mass is 363 g/mol. The van der Waals surface area contributed by atoms with E-state index in [4.69, 9.17) is 12.2 Å². The standard InChI is InChI=1S/C15H10BrNOS2/c16-10-3-1-9(2-4-10)14-6-5-11(20-14)7-12-13(18)8-15(19)17-12/h1-7H,8H2,(H,17,19)/b12-7+. The predicted octanol–water partition coefficient (Wildman–Crippen LogP) is 4.41. The summed E-state index contributed by atoms with van der Waals surface area (Å²) in [5.41, 5.74) is 1.77. The molecule has 0 unspecified atom stereocenters. The number of thiocarbonyl (C=S) groups is 1. The molecular formula is C15H10BrNOS2. The maximum absolute atomic E-state index is 11.7. The molecule has 0 atom stereocenters. The van der Waals surface area contributed by atoms with E-state index in [1.807, 2.05) is 24.3 Å². The Bertz CT molecular complexity index is 716. The molecule has 0 saturated carbocycles. The van der Waals surface area contributed by atoms with Gasteiger partial charge in [-0.05, 0) is 35.9 Å². The lowest BCUT2D eigenvalue weighted by molar-refractivity contribution is -0.113. The number of ketones is 1. The van der Waals surface area contributed by atoms with Gasteiger partial charge >= 0.3 is 0 Å². The third kappa shape index (κ3) is 2.90. The average Bonchev–Trinajstić information content (AvgIpc) is 2.98. The van der Waals surface area contributed by atoms with Crippen molar-refractivity contribution in [3.8, 4) is 10.4 Å². The van der Waals surface area contributed by atoms with Crippen LogP contribution in [0.5, 0.6) is 0 Å². The summed E-state index contributed by atoms with van der Waals surface area (Å²) >= 11 is 10.1. The zero-order chi connectivity index (χ0) is 14.1. The second-order valence-electron chi connectivity index (χ2n) is 4.42. The molecule has 1 saturated heterocycles. The number of allylic oxidation sites excluding steroid dienone is 1. The van der Waals surface area contributed by atoms with E-state index in [1.54, 1.807) is 11.3 Å². The summed E-state index contributed by atoms with van der Waals surface area (Å²) in [7, 11) is 0. The molecule has 1 N–H and O–H groups in total. The quantitative estimate of drug-likeness (QED) is 0.632. The van der Waals surface area contributed by atoms with Gasteiger partial charge in [0.05, 0.1) is 17.1 Å². The summed E-state index contributed by atoms with van der Waals surface area (Å²) < 4.78 is 1.06. The summed E-state index contributed by atoms with van der Waals surface area (Å²) in [6, 6.07) is 12.3. The van der Waals surface area contributed by atoms with Gasteiger partial charge in [0.25, 0.3) is 0 Å². The summed E-state index contributed by atoms with van der Waals surface area (Å²) in [5.74, 6) is 0.0635. The van der Waals surface area contributed by atoms with Crippen molar-refractivity contribution in [1.82, 2.24) is 5.32 Å². The van der Waals surface area contributed by atoms with Crippen LogP contribution in [0.25, 0.3) is 16.5 Å². The molecule has 2 heterocycles.